The molecule has 0 fully saturated rings. The van der Waals surface area contributed by atoms with E-state index < -0.39 is 5.97 Å². The number of esters is 1. The number of thiophene rings is 1. The van der Waals surface area contributed by atoms with Crippen molar-refractivity contribution in [2.45, 2.75) is 20.0 Å². The molecule has 4 nitrogen and oxygen atoms in total. The first-order valence-corrected chi connectivity index (χ1v) is 7.51. The predicted molar refractivity (Wildman–Crippen MR) is 84.5 cm³/mol. The molecule has 0 saturated carbocycles. The van der Waals surface area contributed by atoms with Crippen molar-refractivity contribution in [3.05, 3.63) is 41.3 Å². The zero-order valence-corrected chi connectivity index (χ0v) is 12.6. The summed E-state index contributed by atoms with van der Waals surface area (Å²) in [5.41, 5.74) is 7.77. The average molecular weight is 301 g/mol. The lowest BCUT2D eigenvalue weighted by atomic mass is 10.1. The molecule has 0 radical (unpaired) electrons. The third-order valence-electron chi connectivity index (χ3n) is 3.06. The molecule has 108 valence electrons. The molecule has 3 aromatic rings. The molecule has 0 bridgehead atoms. The van der Waals surface area contributed by atoms with Gasteiger partial charge in [-0.15, -0.1) is 11.3 Å². The first-order valence-electron chi connectivity index (χ1n) is 6.63. The number of hydrogen-bond donors (Lipinski definition) is 1. The normalized spacial score (nSPS) is 11.2. The van der Waals surface area contributed by atoms with Crippen LogP contribution < -0.4 is 5.73 Å². The molecule has 0 aliphatic heterocycles. The monoisotopic (exact) mass is 301 g/mol. The Hall–Kier alpha value is -2.27. The molecular formula is C16H15NO3S. The van der Waals surface area contributed by atoms with Gasteiger partial charge in [-0.3, -0.25) is 0 Å². The SMILES string of the molecule is CC(C)OC(=O)c1c(-c2cc3ccccc3o2)csc1N. The lowest BCUT2D eigenvalue weighted by molar-refractivity contribution is 0.0380. The Morgan fingerprint density at radius 2 is 2.10 bits per heavy atom. The first-order chi connectivity index (χ1) is 10.1. The highest BCUT2D eigenvalue weighted by Crippen LogP contribution is 2.37. The highest BCUT2D eigenvalue weighted by Gasteiger charge is 2.23. The number of ether oxygens (including phenoxy) is 1. The Labute approximate surface area is 126 Å². The molecule has 0 spiro atoms. The summed E-state index contributed by atoms with van der Waals surface area (Å²) >= 11 is 1.31. The summed E-state index contributed by atoms with van der Waals surface area (Å²) in [4.78, 5) is 12.2. The fourth-order valence-corrected chi connectivity index (χ4v) is 2.94. The van der Waals surface area contributed by atoms with E-state index in [0.29, 0.717) is 21.9 Å². The second kappa shape index (κ2) is 5.26. The topological polar surface area (TPSA) is 65.5 Å². The van der Waals surface area contributed by atoms with Crippen LogP contribution in [0, 0.1) is 0 Å². The number of hydrogen-bond acceptors (Lipinski definition) is 5. The predicted octanol–water partition coefficient (Wildman–Crippen LogP) is 4.31. The number of nitrogen functional groups attached to an aromatic ring is 1. The molecule has 2 aromatic heterocycles. The standard InChI is InChI=1S/C16H15NO3S/c1-9(2)19-16(18)14-11(8-21-15(14)17)13-7-10-5-3-4-6-12(10)20-13/h3-9H,17H2,1-2H3. The van der Waals surface area contributed by atoms with Crippen LogP contribution in [0.4, 0.5) is 5.00 Å². The van der Waals surface area contributed by atoms with E-state index in [1.165, 1.54) is 11.3 Å². The van der Waals surface area contributed by atoms with Crippen LogP contribution in [-0.2, 0) is 4.74 Å². The smallest absolute Gasteiger partial charge is 0.342 e. The van der Waals surface area contributed by atoms with E-state index in [9.17, 15) is 4.79 Å². The van der Waals surface area contributed by atoms with E-state index in [0.717, 1.165) is 11.0 Å². The number of anilines is 1. The van der Waals surface area contributed by atoms with Gasteiger partial charge in [0.05, 0.1) is 6.10 Å². The summed E-state index contributed by atoms with van der Waals surface area (Å²) in [7, 11) is 0. The zero-order valence-electron chi connectivity index (χ0n) is 11.8. The van der Waals surface area contributed by atoms with Crippen molar-refractivity contribution in [3.8, 4) is 11.3 Å². The quantitative estimate of drug-likeness (QED) is 0.732. The molecule has 2 N–H and O–H groups in total. The fourth-order valence-electron chi connectivity index (χ4n) is 2.15. The highest BCUT2D eigenvalue weighted by atomic mass is 32.1. The Kier molecular flexibility index (Phi) is 3.43. The summed E-state index contributed by atoms with van der Waals surface area (Å²) < 4.78 is 11.1. The molecule has 21 heavy (non-hydrogen) atoms. The second-order valence-electron chi connectivity index (χ2n) is 4.99. The summed E-state index contributed by atoms with van der Waals surface area (Å²) in [5, 5.41) is 3.25. The summed E-state index contributed by atoms with van der Waals surface area (Å²) in [5.74, 6) is 0.207. The van der Waals surface area contributed by atoms with Crippen molar-refractivity contribution in [2.24, 2.45) is 0 Å². The maximum Gasteiger partial charge on any atom is 0.342 e. The van der Waals surface area contributed by atoms with E-state index in [4.69, 9.17) is 14.9 Å². The van der Waals surface area contributed by atoms with Gasteiger partial charge in [0.25, 0.3) is 0 Å². The number of carbonyl (C=O) groups excluding carboxylic acids is 1. The van der Waals surface area contributed by atoms with Crippen molar-refractivity contribution in [2.75, 3.05) is 5.73 Å². The van der Waals surface area contributed by atoms with Gasteiger partial charge in [-0.1, -0.05) is 18.2 Å². The lowest BCUT2D eigenvalue weighted by Gasteiger charge is -2.08. The largest absolute Gasteiger partial charge is 0.459 e. The molecule has 0 atom stereocenters. The average Bonchev–Trinajstić information content (AvgIpc) is 3.00. The Bertz CT molecular complexity index is 768. The number of para-hydroxylation sites is 1. The van der Waals surface area contributed by atoms with E-state index in [1.54, 1.807) is 13.8 Å². The second-order valence-corrected chi connectivity index (χ2v) is 5.90. The van der Waals surface area contributed by atoms with Crippen LogP contribution >= 0.6 is 11.3 Å². The molecule has 0 amide bonds. The molecule has 0 unspecified atom stereocenters. The first kappa shape index (κ1) is 13.7. The van der Waals surface area contributed by atoms with Crippen molar-refractivity contribution >= 4 is 33.3 Å². The number of furan rings is 1. The van der Waals surface area contributed by atoms with Crippen LogP contribution in [-0.4, -0.2) is 12.1 Å². The zero-order chi connectivity index (χ0) is 15.0. The van der Waals surface area contributed by atoms with Crippen molar-refractivity contribution < 1.29 is 13.9 Å². The summed E-state index contributed by atoms with van der Waals surface area (Å²) in [6.45, 7) is 3.61. The van der Waals surface area contributed by atoms with Gasteiger partial charge in [0.2, 0.25) is 0 Å². The molecule has 3 rings (SSSR count). The number of nitrogens with two attached hydrogens (primary N) is 1. The van der Waals surface area contributed by atoms with Gasteiger partial charge in [0.1, 0.15) is 21.9 Å². The van der Waals surface area contributed by atoms with Crippen LogP contribution in [0.15, 0.2) is 40.1 Å². The Balaban J connectivity index is 2.08. The minimum Gasteiger partial charge on any atom is -0.459 e. The third kappa shape index (κ3) is 2.52. The Morgan fingerprint density at radius 3 is 2.81 bits per heavy atom. The van der Waals surface area contributed by atoms with E-state index in [1.807, 2.05) is 35.7 Å². The number of carbonyl (C=O) groups is 1. The molecular weight excluding hydrogens is 286 g/mol. The maximum absolute atomic E-state index is 12.2. The van der Waals surface area contributed by atoms with E-state index in [-0.39, 0.29) is 6.10 Å². The van der Waals surface area contributed by atoms with Crippen molar-refractivity contribution in [3.63, 3.8) is 0 Å². The minimum absolute atomic E-state index is 0.194. The molecule has 5 heteroatoms. The van der Waals surface area contributed by atoms with Gasteiger partial charge in [0.15, 0.2) is 0 Å². The van der Waals surface area contributed by atoms with Gasteiger partial charge in [-0.25, -0.2) is 4.79 Å². The van der Waals surface area contributed by atoms with Crippen LogP contribution in [0.3, 0.4) is 0 Å². The number of rotatable bonds is 3. The molecule has 0 saturated heterocycles. The Morgan fingerprint density at radius 1 is 1.33 bits per heavy atom. The van der Waals surface area contributed by atoms with E-state index in [2.05, 4.69) is 0 Å². The van der Waals surface area contributed by atoms with Crippen molar-refractivity contribution in [1.29, 1.82) is 0 Å². The summed E-state index contributed by atoms with van der Waals surface area (Å²) in [6, 6.07) is 9.61. The lowest BCUT2D eigenvalue weighted by Crippen LogP contribution is -2.13. The molecule has 1 aromatic carbocycles. The molecule has 0 aliphatic carbocycles. The van der Waals surface area contributed by atoms with Crippen LogP contribution in [0.1, 0.15) is 24.2 Å². The van der Waals surface area contributed by atoms with Crippen molar-refractivity contribution in [1.82, 2.24) is 0 Å². The van der Waals surface area contributed by atoms with Gasteiger partial charge in [0, 0.05) is 16.3 Å². The summed E-state index contributed by atoms with van der Waals surface area (Å²) in [6.07, 6.45) is -0.194. The minimum atomic E-state index is -0.417. The van der Waals surface area contributed by atoms with Crippen LogP contribution in [0.25, 0.3) is 22.3 Å². The van der Waals surface area contributed by atoms with Gasteiger partial charge >= 0.3 is 5.97 Å². The maximum atomic E-state index is 12.2. The molecule has 0 aliphatic rings. The van der Waals surface area contributed by atoms with Crippen LogP contribution in [0.5, 0.6) is 0 Å². The fraction of sp³-hybridized carbons (Fsp3) is 0.188. The number of benzene rings is 1. The van der Waals surface area contributed by atoms with Gasteiger partial charge in [-0.05, 0) is 26.0 Å². The molecule has 2 heterocycles. The highest BCUT2D eigenvalue weighted by molar-refractivity contribution is 7.14. The van der Waals surface area contributed by atoms with Gasteiger partial charge < -0.3 is 14.9 Å². The van der Waals surface area contributed by atoms with Crippen LogP contribution in [0.2, 0.25) is 0 Å². The third-order valence-corrected chi connectivity index (χ3v) is 3.87. The van der Waals surface area contributed by atoms with E-state index >= 15 is 0 Å². The number of fused-ring (bicyclic) bond motifs is 1. The van der Waals surface area contributed by atoms with Gasteiger partial charge in [-0.2, -0.15) is 0 Å².